The van der Waals surface area contributed by atoms with Gasteiger partial charge in [-0.15, -0.1) is 11.8 Å². The monoisotopic (exact) mass is 383 g/mol. The number of thioether (sulfide) groups is 1. The molecule has 22 heavy (non-hydrogen) atoms. The van der Waals surface area contributed by atoms with E-state index in [-0.39, 0.29) is 17.3 Å². The van der Waals surface area contributed by atoms with Crippen LogP contribution in [-0.4, -0.2) is 22.8 Å². The lowest BCUT2D eigenvalue weighted by molar-refractivity contribution is -0.384. The fraction of sp³-hybridized carbons (Fsp3) is 0.0769. The van der Waals surface area contributed by atoms with Crippen LogP contribution in [0.2, 0.25) is 0 Å². The summed E-state index contributed by atoms with van der Waals surface area (Å²) in [5, 5.41) is 14.3. The van der Waals surface area contributed by atoms with Gasteiger partial charge in [0.2, 0.25) is 5.91 Å². The Labute approximate surface area is 138 Å². The summed E-state index contributed by atoms with van der Waals surface area (Å²) in [6, 6.07) is 9.40. The van der Waals surface area contributed by atoms with Gasteiger partial charge in [0.15, 0.2) is 4.67 Å². The number of nitrogens with one attached hydrogen (secondary N) is 1. The average Bonchev–Trinajstić information content (AvgIpc) is 2.91. The maximum Gasteiger partial charge on any atom is 0.269 e. The summed E-state index contributed by atoms with van der Waals surface area (Å²) >= 11 is 4.42. The van der Waals surface area contributed by atoms with Crippen molar-refractivity contribution in [2.75, 3.05) is 5.75 Å². The van der Waals surface area contributed by atoms with Gasteiger partial charge >= 0.3 is 0 Å². The Morgan fingerprint density at radius 3 is 2.68 bits per heavy atom. The first-order chi connectivity index (χ1) is 10.5. The number of hydrogen-bond acceptors (Lipinski definition) is 6. The van der Waals surface area contributed by atoms with Crippen molar-refractivity contribution in [3.8, 4) is 0 Å². The number of nitrogens with zero attached hydrogens (tertiary/aromatic N) is 2. The standard InChI is InChI=1S/C13H10BrN3O4S/c14-12-6-3-10(21-12)7-15-16-13(18)8-22-11-4-1-9(2-5-11)17(19)20/h1-7H,8H2,(H,16,18)/b15-7-. The molecular formula is C13H10BrN3O4S. The van der Waals surface area contributed by atoms with Crippen LogP contribution in [0.4, 0.5) is 5.69 Å². The number of non-ortho nitro benzene ring substituents is 1. The summed E-state index contributed by atoms with van der Waals surface area (Å²) in [6.45, 7) is 0. The van der Waals surface area contributed by atoms with Crippen LogP contribution in [0.3, 0.4) is 0 Å². The number of halogens is 1. The molecule has 1 N–H and O–H groups in total. The zero-order chi connectivity index (χ0) is 15.9. The van der Waals surface area contributed by atoms with Crippen LogP contribution in [-0.2, 0) is 4.79 Å². The molecule has 0 fully saturated rings. The fourth-order valence-corrected chi connectivity index (χ4v) is 2.42. The molecule has 7 nitrogen and oxygen atoms in total. The first-order valence-electron chi connectivity index (χ1n) is 5.99. The number of hydrazone groups is 1. The molecule has 0 saturated carbocycles. The van der Waals surface area contributed by atoms with Gasteiger partial charge < -0.3 is 4.42 Å². The highest BCUT2D eigenvalue weighted by Crippen LogP contribution is 2.21. The SMILES string of the molecule is O=C(CSc1ccc([N+](=O)[O-])cc1)N/N=C\c1ccc(Br)o1. The van der Waals surface area contributed by atoms with E-state index < -0.39 is 4.92 Å². The number of carbonyl (C=O) groups excluding carboxylic acids is 1. The van der Waals surface area contributed by atoms with Crippen molar-refractivity contribution in [3.63, 3.8) is 0 Å². The summed E-state index contributed by atoms with van der Waals surface area (Å²) in [7, 11) is 0. The van der Waals surface area contributed by atoms with Gasteiger partial charge in [0.25, 0.3) is 5.69 Å². The molecule has 114 valence electrons. The summed E-state index contributed by atoms with van der Waals surface area (Å²) in [6.07, 6.45) is 1.39. The van der Waals surface area contributed by atoms with E-state index in [9.17, 15) is 14.9 Å². The Morgan fingerprint density at radius 1 is 1.36 bits per heavy atom. The van der Waals surface area contributed by atoms with Crippen molar-refractivity contribution in [2.24, 2.45) is 5.10 Å². The van der Waals surface area contributed by atoms with Crippen molar-refractivity contribution in [1.82, 2.24) is 5.43 Å². The summed E-state index contributed by atoms with van der Waals surface area (Å²) in [5.74, 6) is 0.372. The van der Waals surface area contributed by atoms with Gasteiger partial charge in [-0.25, -0.2) is 5.43 Å². The lowest BCUT2D eigenvalue weighted by atomic mass is 10.3. The number of benzene rings is 1. The molecule has 0 saturated heterocycles. The fourth-order valence-electron chi connectivity index (χ4n) is 1.41. The van der Waals surface area contributed by atoms with Crippen molar-refractivity contribution >= 4 is 45.5 Å². The molecule has 1 aromatic heterocycles. The summed E-state index contributed by atoms with van der Waals surface area (Å²) < 4.78 is 5.76. The first-order valence-corrected chi connectivity index (χ1v) is 7.77. The Bertz CT molecular complexity index is 700. The first kappa shape index (κ1) is 16.2. The largest absolute Gasteiger partial charge is 0.448 e. The van der Waals surface area contributed by atoms with Crippen molar-refractivity contribution < 1.29 is 14.1 Å². The van der Waals surface area contributed by atoms with Gasteiger partial charge in [0, 0.05) is 17.0 Å². The topological polar surface area (TPSA) is 97.7 Å². The molecule has 1 aromatic carbocycles. The van der Waals surface area contributed by atoms with Crippen LogP contribution in [0.15, 0.2) is 55.5 Å². The van der Waals surface area contributed by atoms with E-state index in [2.05, 4.69) is 26.5 Å². The van der Waals surface area contributed by atoms with Gasteiger partial charge in [-0.2, -0.15) is 5.10 Å². The zero-order valence-corrected chi connectivity index (χ0v) is 13.5. The maximum atomic E-state index is 11.6. The zero-order valence-electron chi connectivity index (χ0n) is 11.1. The molecule has 2 rings (SSSR count). The molecule has 0 spiro atoms. The summed E-state index contributed by atoms with van der Waals surface area (Å²) in [4.78, 5) is 22.4. The molecule has 0 radical (unpaired) electrons. The molecule has 0 bridgehead atoms. The number of nitro benzene ring substituents is 1. The highest BCUT2D eigenvalue weighted by atomic mass is 79.9. The van der Waals surface area contributed by atoms with Crippen molar-refractivity contribution in [2.45, 2.75) is 4.90 Å². The lowest BCUT2D eigenvalue weighted by Crippen LogP contribution is -2.19. The van der Waals surface area contributed by atoms with E-state index in [1.165, 1.54) is 30.1 Å². The van der Waals surface area contributed by atoms with E-state index >= 15 is 0 Å². The molecule has 0 aliphatic heterocycles. The molecular weight excluding hydrogens is 374 g/mol. The third kappa shape index (κ3) is 5.01. The van der Waals surface area contributed by atoms with E-state index in [1.807, 2.05) is 0 Å². The van der Waals surface area contributed by atoms with Crippen molar-refractivity contribution in [3.05, 3.63) is 56.9 Å². The van der Waals surface area contributed by atoms with Crippen LogP contribution in [0.1, 0.15) is 5.76 Å². The number of carbonyl (C=O) groups is 1. The minimum Gasteiger partial charge on any atom is -0.448 e. The molecule has 0 aliphatic carbocycles. The molecule has 1 heterocycles. The number of furan rings is 1. The number of hydrogen-bond donors (Lipinski definition) is 1. The third-order valence-corrected chi connectivity index (χ3v) is 3.83. The number of amides is 1. The normalized spacial score (nSPS) is 10.8. The van der Waals surface area contributed by atoms with Gasteiger partial charge in [0.05, 0.1) is 16.9 Å². The van der Waals surface area contributed by atoms with Crippen LogP contribution < -0.4 is 5.43 Å². The second-order valence-electron chi connectivity index (χ2n) is 3.97. The van der Waals surface area contributed by atoms with Gasteiger partial charge in [0.1, 0.15) is 5.76 Å². The Morgan fingerprint density at radius 2 is 2.09 bits per heavy atom. The van der Waals surface area contributed by atoms with Crippen LogP contribution >= 0.6 is 27.7 Å². The lowest BCUT2D eigenvalue weighted by Gasteiger charge is -2.00. The molecule has 9 heteroatoms. The van der Waals surface area contributed by atoms with E-state index in [0.29, 0.717) is 10.4 Å². The Balaban J connectivity index is 1.77. The number of nitro groups is 1. The van der Waals surface area contributed by atoms with Crippen molar-refractivity contribution in [1.29, 1.82) is 0 Å². The molecule has 0 aliphatic rings. The Hall–Kier alpha value is -2.13. The van der Waals surface area contributed by atoms with E-state index in [1.54, 1.807) is 24.3 Å². The highest BCUT2D eigenvalue weighted by molar-refractivity contribution is 9.10. The quantitative estimate of drug-likeness (QED) is 0.357. The van der Waals surface area contributed by atoms with E-state index in [4.69, 9.17) is 4.42 Å². The number of rotatable bonds is 6. The molecule has 1 amide bonds. The average molecular weight is 384 g/mol. The predicted octanol–water partition coefficient (Wildman–Crippen LogP) is 3.19. The van der Waals surface area contributed by atoms with Gasteiger partial charge in [-0.3, -0.25) is 14.9 Å². The third-order valence-electron chi connectivity index (χ3n) is 2.39. The molecule has 2 aromatic rings. The minimum absolute atomic E-state index is 0.0167. The van der Waals surface area contributed by atoms with E-state index in [0.717, 1.165) is 4.90 Å². The Kier molecular flexibility index (Phi) is 5.73. The minimum atomic E-state index is -0.469. The van der Waals surface area contributed by atoms with Crippen LogP contribution in [0.5, 0.6) is 0 Å². The highest BCUT2D eigenvalue weighted by Gasteiger charge is 2.06. The maximum absolute atomic E-state index is 11.6. The second kappa shape index (κ2) is 7.76. The summed E-state index contributed by atoms with van der Waals surface area (Å²) in [5.41, 5.74) is 2.38. The van der Waals surface area contributed by atoms with Gasteiger partial charge in [-0.1, -0.05) is 0 Å². The smallest absolute Gasteiger partial charge is 0.269 e. The molecule has 0 atom stereocenters. The molecule has 0 unspecified atom stereocenters. The van der Waals surface area contributed by atoms with Gasteiger partial charge in [-0.05, 0) is 40.2 Å². The van der Waals surface area contributed by atoms with Crippen LogP contribution in [0.25, 0.3) is 0 Å². The van der Waals surface area contributed by atoms with Crippen LogP contribution in [0, 0.1) is 10.1 Å². The second-order valence-corrected chi connectivity index (χ2v) is 5.81. The predicted molar refractivity (Wildman–Crippen MR) is 86.0 cm³/mol.